The van der Waals surface area contributed by atoms with Crippen molar-refractivity contribution in [2.45, 2.75) is 39.7 Å². The summed E-state index contributed by atoms with van der Waals surface area (Å²) >= 11 is 0. The lowest BCUT2D eigenvalue weighted by Gasteiger charge is -2.17. The molecule has 16 heavy (non-hydrogen) atoms. The summed E-state index contributed by atoms with van der Waals surface area (Å²) in [5.41, 5.74) is 5.58. The highest BCUT2D eigenvalue weighted by Gasteiger charge is 2.21. The standard InChI is InChI=1S/C11H22N2O3/c1-4-5-9(11(15)16)6-13-10(14)7(2)8(3)12/h7-9H,4-6,12H2,1-3H3,(H,13,14)(H,15,16). The van der Waals surface area contributed by atoms with E-state index in [0.29, 0.717) is 6.42 Å². The van der Waals surface area contributed by atoms with Crippen LogP contribution in [0, 0.1) is 11.8 Å². The highest BCUT2D eigenvalue weighted by molar-refractivity contribution is 5.79. The van der Waals surface area contributed by atoms with Crippen molar-refractivity contribution in [3.05, 3.63) is 0 Å². The maximum absolute atomic E-state index is 11.5. The lowest BCUT2D eigenvalue weighted by molar-refractivity contribution is -0.142. The van der Waals surface area contributed by atoms with Crippen LogP contribution >= 0.6 is 0 Å². The van der Waals surface area contributed by atoms with Crippen LogP contribution in [0.1, 0.15) is 33.6 Å². The first kappa shape index (κ1) is 14.9. The van der Waals surface area contributed by atoms with E-state index in [1.54, 1.807) is 13.8 Å². The van der Waals surface area contributed by atoms with Gasteiger partial charge in [0.1, 0.15) is 0 Å². The molecule has 0 bridgehead atoms. The number of carbonyl (C=O) groups is 2. The average Bonchev–Trinajstić information content (AvgIpc) is 2.21. The van der Waals surface area contributed by atoms with Crippen LogP contribution in [0.2, 0.25) is 0 Å². The smallest absolute Gasteiger partial charge is 0.308 e. The summed E-state index contributed by atoms with van der Waals surface area (Å²) in [6.07, 6.45) is 1.36. The largest absolute Gasteiger partial charge is 0.481 e. The zero-order valence-electron chi connectivity index (χ0n) is 10.2. The molecule has 0 aliphatic rings. The van der Waals surface area contributed by atoms with Gasteiger partial charge in [-0.05, 0) is 13.3 Å². The fourth-order valence-corrected chi connectivity index (χ4v) is 1.28. The Hall–Kier alpha value is -1.10. The van der Waals surface area contributed by atoms with Gasteiger partial charge in [-0.25, -0.2) is 0 Å². The van der Waals surface area contributed by atoms with E-state index in [0.717, 1.165) is 6.42 Å². The van der Waals surface area contributed by atoms with Crippen molar-refractivity contribution >= 4 is 11.9 Å². The van der Waals surface area contributed by atoms with Gasteiger partial charge in [0.05, 0.1) is 5.92 Å². The van der Waals surface area contributed by atoms with Gasteiger partial charge in [-0.15, -0.1) is 0 Å². The van der Waals surface area contributed by atoms with Gasteiger partial charge in [-0.1, -0.05) is 20.3 Å². The van der Waals surface area contributed by atoms with Gasteiger partial charge in [-0.3, -0.25) is 9.59 Å². The first-order chi connectivity index (χ1) is 7.40. The number of rotatable bonds is 7. The number of nitrogens with two attached hydrogens (primary N) is 1. The van der Waals surface area contributed by atoms with Gasteiger partial charge >= 0.3 is 5.97 Å². The van der Waals surface area contributed by atoms with E-state index < -0.39 is 11.9 Å². The molecule has 0 aliphatic carbocycles. The summed E-state index contributed by atoms with van der Waals surface area (Å²) in [7, 11) is 0. The number of hydrogen-bond acceptors (Lipinski definition) is 3. The molecule has 0 rings (SSSR count). The summed E-state index contributed by atoms with van der Waals surface area (Å²) in [5, 5.41) is 11.5. The molecule has 3 unspecified atom stereocenters. The predicted molar refractivity (Wildman–Crippen MR) is 61.9 cm³/mol. The Morgan fingerprint density at radius 1 is 1.38 bits per heavy atom. The summed E-state index contributed by atoms with van der Waals surface area (Å²) < 4.78 is 0. The topological polar surface area (TPSA) is 92.4 Å². The Morgan fingerprint density at radius 2 is 1.94 bits per heavy atom. The van der Waals surface area contributed by atoms with Gasteiger partial charge in [0.2, 0.25) is 5.91 Å². The van der Waals surface area contributed by atoms with Crippen LogP contribution in [-0.2, 0) is 9.59 Å². The number of aliphatic carboxylic acids is 1. The van der Waals surface area contributed by atoms with Gasteiger partial charge in [0.25, 0.3) is 0 Å². The molecule has 0 heterocycles. The minimum absolute atomic E-state index is 0.180. The minimum Gasteiger partial charge on any atom is -0.481 e. The number of carboxylic acids is 1. The second-order valence-corrected chi connectivity index (χ2v) is 4.22. The summed E-state index contributed by atoms with van der Waals surface area (Å²) in [6, 6.07) is -0.227. The molecule has 5 nitrogen and oxygen atoms in total. The Kier molecular flexibility index (Phi) is 6.72. The molecule has 0 aliphatic heterocycles. The molecule has 0 radical (unpaired) electrons. The van der Waals surface area contributed by atoms with E-state index >= 15 is 0 Å². The SMILES string of the molecule is CCCC(CNC(=O)C(C)C(C)N)C(=O)O. The molecule has 0 saturated carbocycles. The Balaban J connectivity index is 4.10. The average molecular weight is 230 g/mol. The molecular formula is C11H22N2O3. The molecule has 0 spiro atoms. The van der Waals surface area contributed by atoms with E-state index in [1.807, 2.05) is 6.92 Å². The molecule has 4 N–H and O–H groups in total. The fourth-order valence-electron chi connectivity index (χ4n) is 1.28. The van der Waals surface area contributed by atoms with Crippen molar-refractivity contribution in [2.24, 2.45) is 17.6 Å². The van der Waals surface area contributed by atoms with Crippen LogP contribution in [0.4, 0.5) is 0 Å². The molecule has 94 valence electrons. The van der Waals surface area contributed by atoms with Crippen molar-refractivity contribution in [1.29, 1.82) is 0 Å². The van der Waals surface area contributed by atoms with Crippen molar-refractivity contribution in [1.82, 2.24) is 5.32 Å². The molecule has 0 aromatic carbocycles. The van der Waals surface area contributed by atoms with Crippen LogP contribution in [-0.4, -0.2) is 29.6 Å². The van der Waals surface area contributed by atoms with Crippen molar-refractivity contribution in [2.75, 3.05) is 6.54 Å². The zero-order valence-corrected chi connectivity index (χ0v) is 10.2. The molecule has 0 saturated heterocycles. The van der Waals surface area contributed by atoms with Gasteiger partial charge < -0.3 is 16.2 Å². The molecule has 5 heteroatoms. The first-order valence-electron chi connectivity index (χ1n) is 5.66. The van der Waals surface area contributed by atoms with Gasteiger partial charge in [0, 0.05) is 18.5 Å². The van der Waals surface area contributed by atoms with Crippen LogP contribution < -0.4 is 11.1 Å². The van der Waals surface area contributed by atoms with Gasteiger partial charge in [-0.2, -0.15) is 0 Å². The van der Waals surface area contributed by atoms with Crippen molar-refractivity contribution in [3.8, 4) is 0 Å². The molecule has 0 aromatic heterocycles. The summed E-state index contributed by atoms with van der Waals surface area (Å²) in [6.45, 7) is 5.59. The number of carboxylic acid groups (broad SMARTS) is 1. The highest BCUT2D eigenvalue weighted by Crippen LogP contribution is 2.06. The minimum atomic E-state index is -0.865. The molecule has 1 amide bonds. The van der Waals surface area contributed by atoms with E-state index in [4.69, 9.17) is 10.8 Å². The second-order valence-electron chi connectivity index (χ2n) is 4.22. The lowest BCUT2D eigenvalue weighted by atomic mass is 10.0. The van der Waals surface area contributed by atoms with Crippen LogP contribution in [0.3, 0.4) is 0 Å². The van der Waals surface area contributed by atoms with E-state index in [2.05, 4.69) is 5.32 Å². The highest BCUT2D eigenvalue weighted by atomic mass is 16.4. The van der Waals surface area contributed by atoms with E-state index in [1.165, 1.54) is 0 Å². The Morgan fingerprint density at radius 3 is 2.31 bits per heavy atom. The number of nitrogens with one attached hydrogen (secondary N) is 1. The Bertz CT molecular complexity index is 241. The number of amides is 1. The van der Waals surface area contributed by atoms with Crippen LogP contribution in [0.25, 0.3) is 0 Å². The van der Waals surface area contributed by atoms with Crippen LogP contribution in [0.5, 0.6) is 0 Å². The zero-order chi connectivity index (χ0) is 12.7. The number of carbonyl (C=O) groups excluding carboxylic acids is 1. The third-order valence-corrected chi connectivity index (χ3v) is 2.71. The van der Waals surface area contributed by atoms with Crippen molar-refractivity contribution in [3.63, 3.8) is 0 Å². The first-order valence-corrected chi connectivity index (χ1v) is 5.66. The van der Waals surface area contributed by atoms with E-state index in [-0.39, 0.29) is 24.4 Å². The summed E-state index contributed by atoms with van der Waals surface area (Å²) in [5.74, 6) is -1.85. The third-order valence-electron chi connectivity index (χ3n) is 2.71. The molecule has 3 atom stereocenters. The van der Waals surface area contributed by atoms with Crippen molar-refractivity contribution < 1.29 is 14.7 Å². The third kappa shape index (κ3) is 5.11. The quantitative estimate of drug-likeness (QED) is 0.596. The lowest BCUT2D eigenvalue weighted by Crippen LogP contribution is -2.41. The summed E-state index contributed by atoms with van der Waals surface area (Å²) in [4.78, 5) is 22.4. The monoisotopic (exact) mass is 230 g/mol. The molecule has 0 aromatic rings. The molecular weight excluding hydrogens is 208 g/mol. The Labute approximate surface area is 96.4 Å². The predicted octanol–water partition coefficient (Wildman–Crippen LogP) is 0.587. The van der Waals surface area contributed by atoms with E-state index in [9.17, 15) is 9.59 Å². The second kappa shape index (κ2) is 7.22. The number of hydrogen-bond donors (Lipinski definition) is 3. The fraction of sp³-hybridized carbons (Fsp3) is 0.818. The van der Waals surface area contributed by atoms with Gasteiger partial charge in [0.15, 0.2) is 0 Å². The molecule has 0 fully saturated rings. The normalized spacial score (nSPS) is 16.2. The van der Waals surface area contributed by atoms with Crippen LogP contribution in [0.15, 0.2) is 0 Å². The maximum atomic E-state index is 11.5. The maximum Gasteiger partial charge on any atom is 0.308 e.